The monoisotopic (exact) mass is 251 g/mol. The normalized spacial score (nSPS) is 24.7. The summed E-state index contributed by atoms with van der Waals surface area (Å²) in [6, 6.07) is 0. The summed E-state index contributed by atoms with van der Waals surface area (Å²) in [7, 11) is 0. The second-order valence-corrected chi connectivity index (χ2v) is 6.94. The van der Waals surface area contributed by atoms with Crippen LogP contribution in [0, 0.1) is 17.3 Å². The summed E-state index contributed by atoms with van der Waals surface area (Å²) in [5.41, 5.74) is 6.64. The van der Waals surface area contributed by atoms with Gasteiger partial charge in [0.25, 0.3) is 0 Å². The number of rotatable bonds is 4. The lowest BCUT2D eigenvalue weighted by Gasteiger charge is -2.31. The van der Waals surface area contributed by atoms with Gasteiger partial charge in [-0.1, -0.05) is 20.8 Å². The smallest absolute Gasteiger partial charge is 0.191 e. The van der Waals surface area contributed by atoms with E-state index in [9.17, 15) is 0 Å². The molecule has 1 aliphatic carbocycles. The molecule has 0 spiro atoms. The number of nitrogens with zero attached hydrogens (tertiary/aromatic N) is 2. The van der Waals surface area contributed by atoms with Crippen LogP contribution >= 0.6 is 0 Å². The number of aliphatic imine (C=N–C) groups is 1. The van der Waals surface area contributed by atoms with Crippen molar-refractivity contribution < 1.29 is 0 Å². The van der Waals surface area contributed by atoms with Gasteiger partial charge in [0.2, 0.25) is 0 Å². The summed E-state index contributed by atoms with van der Waals surface area (Å²) >= 11 is 0. The molecule has 0 aromatic heterocycles. The Balaban J connectivity index is 1.82. The maximum atomic E-state index is 6.14. The number of hydrogen-bond donors (Lipinski definition) is 1. The van der Waals surface area contributed by atoms with E-state index >= 15 is 0 Å². The van der Waals surface area contributed by atoms with Crippen molar-refractivity contribution >= 4 is 5.96 Å². The molecule has 1 aliphatic heterocycles. The molecule has 0 atom stereocenters. The van der Waals surface area contributed by atoms with Gasteiger partial charge in [0.15, 0.2) is 5.96 Å². The fraction of sp³-hybridized carbons (Fsp3) is 0.933. The third kappa shape index (κ3) is 3.63. The lowest BCUT2D eigenvalue weighted by Crippen LogP contribution is -2.42. The van der Waals surface area contributed by atoms with Crippen molar-refractivity contribution in [2.24, 2.45) is 28.0 Å². The molecule has 0 aromatic carbocycles. The lowest BCUT2D eigenvalue weighted by atomic mass is 9.94. The summed E-state index contributed by atoms with van der Waals surface area (Å²) in [5.74, 6) is 2.42. The second-order valence-electron chi connectivity index (χ2n) is 6.94. The van der Waals surface area contributed by atoms with Crippen LogP contribution in [0.3, 0.4) is 0 Å². The van der Waals surface area contributed by atoms with Crippen molar-refractivity contribution in [1.29, 1.82) is 0 Å². The van der Waals surface area contributed by atoms with Crippen LogP contribution in [0.1, 0.15) is 52.9 Å². The maximum absolute atomic E-state index is 6.14. The Hall–Kier alpha value is -0.730. The van der Waals surface area contributed by atoms with E-state index in [0.717, 1.165) is 37.4 Å². The molecule has 2 fully saturated rings. The van der Waals surface area contributed by atoms with E-state index in [4.69, 9.17) is 5.73 Å². The second kappa shape index (κ2) is 5.50. The van der Waals surface area contributed by atoms with Gasteiger partial charge in [-0.3, -0.25) is 4.99 Å². The van der Waals surface area contributed by atoms with Gasteiger partial charge >= 0.3 is 0 Å². The fourth-order valence-corrected chi connectivity index (χ4v) is 3.06. The van der Waals surface area contributed by atoms with Crippen molar-refractivity contribution in [3.8, 4) is 0 Å². The lowest BCUT2D eigenvalue weighted by molar-refractivity contribution is 0.276. The molecule has 0 amide bonds. The van der Waals surface area contributed by atoms with E-state index in [1.807, 2.05) is 0 Å². The molecule has 18 heavy (non-hydrogen) atoms. The van der Waals surface area contributed by atoms with Crippen LogP contribution in [0.5, 0.6) is 0 Å². The predicted octanol–water partition coefficient (Wildman–Crippen LogP) is 2.86. The van der Waals surface area contributed by atoms with Crippen LogP contribution < -0.4 is 5.73 Å². The molecule has 0 aromatic rings. The molecule has 0 unspecified atom stereocenters. The fourth-order valence-electron chi connectivity index (χ4n) is 3.06. The Morgan fingerprint density at radius 2 is 1.94 bits per heavy atom. The van der Waals surface area contributed by atoms with Crippen LogP contribution in [0.15, 0.2) is 4.99 Å². The molecule has 104 valence electrons. The first-order valence-corrected chi connectivity index (χ1v) is 7.56. The average Bonchev–Trinajstić information content (AvgIpc) is 3.06. The summed E-state index contributed by atoms with van der Waals surface area (Å²) in [6.07, 6.45) is 6.51. The van der Waals surface area contributed by atoms with Gasteiger partial charge in [0, 0.05) is 19.6 Å². The summed E-state index contributed by atoms with van der Waals surface area (Å²) in [5, 5.41) is 0. The van der Waals surface area contributed by atoms with Gasteiger partial charge < -0.3 is 10.6 Å². The van der Waals surface area contributed by atoms with Gasteiger partial charge in [-0.25, -0.2) is 0 Å². The zero-order chi connectivity index (χ0) is 13.2. The molecule has 1 saturated heterocycles. The van der Waals surface area contributed by atoms with E-state index in [2.05, 4.69) is 30.7 Å². The Kier molecular flexibility index (Phi) is 4.18. The van der Waals surface area contributed by atoms with Crippen LogP contribution in [-0.2, 0) is 0 Å². The number of hydrogen-bond acceptors (Lipinski definition) is 1. The standard InChI is InChI=1S/C15H29N3/c1-12(2)10-15(6-7-15)11-17-14(16)18-8-4-13(3)5-9-18/h12-13H,4-11H2,1-3H3,(H2,16,17). The molecule has 0 bridgehead atoms. The third-order valence-corrected chi connectivity index (χ3v) is 4.48. The van der Waals surface area contributed by atoms with Gasteiger partial charge in [0.05, 0.1) is 0 Å². The molecule has 3 heteroatoms. The third-order valence-electron chi connectivity index (χ3n) is 4.48. The Labute approximate surface area is 112 Å². The molecule has 1 heterocycles. The average molecular weight is 251 g/mol. The zero-order valence-corrected chi connectivity index (χ0v) is 12.3. The zero-order valence-electron chi connectivity index (χ0n) is 12.3. The molecule has 2 aliphatic rings. The first-order chi connectivity index (χ1) is 8.51. The highest BCUT2D eigenvalue weighted by Gasteiger charge is 2.42. The highest BCUT2D eigenvalue weighted by Crippen LogP contribution is 2.50. The summed E-state index contributed by atoms with van der Waals surface area (Å²) in [6.45, 7) is 10.1. The molecular formula is C15H29N3. The molecule has 2 N–H and O–H groups in total. The number of nitrogens with two attached hydrogens (primary N) is 1. The van der Waals surface area contributed by atoms with E-state index in [1.54, 1.807) is 0 Å². The van der Waals surface area contributed by atoms with Crippen molar-refractivity contribution in [3.05, 3.63) is 0 Å². The topological polar surface area (TPSA) is 41.6 Å². The predicted molar refractivity (Wildman–Crippen MR) is 77.6 cm³/mol. The minimum absolute atomic E-state index is 0.502. The highest BCUT2D eigenvalue weighted by atomic mass is 15.3. The first-order valence-electron chi connectivity index (χ1n) is 7.56. The van der Waals surface area contributed by atoms with Crippen LogP contribution in [0.4, 0.5) is 0 Å². The first kappa shape index (κ1) is 13.7. The SMILES string of the molecule is CC(C)CC1(CN=C(N)N2CCC(C)CC2)CC1. The largest absolute Gasteiger partial charge is 0.370 e. The Bertz CT molecular complexity index is 297. The van der Waals surface area contributed by atoms with Crippen molar-refractivity contribution in [2.75, 3.05) is 19.6 Å². The highest BCUT2D eigenvalue weighted by molar-refractivity contribution is 5.78. The van der Waals surface area contributed by atoms with Crippen molar-refractivity contribution in [3.63, 3.8) is 0 Å². The Morgan fingerprint density at radius 3 is 2.44 bits per heavy atom. The van der Waals surface area contributed by atoms with Crippen LogP contribution in [0.2, 0.25) is 0 Å². The summed E-state index contributed by atoms with van der Waals surface area (Å²) in [4.78, 5) is 6.95. The van der Waals surface area contributed by atoms with E-state index < -0.39 is 0 Å². The molecule has 1 saturated carbocycles. The molecule has 2 rings (SSSR count). The van der Waals surface area contributed by atoms with Crippen LogP contribution in [0.25, 0.3) is 0 Å². The number of likely N-dealkylation sites (tertiary alicyclic amines) is 1. The van der Waals surface area contributed by atoms with E-state index in [1.165, 1.54) is 32.1 Å². The molecule has 3 nitrogen and oxygen atoms in total. The van der Waals surface area contributed by atoms with Crippen molar-refractivity contribution in [2.45, 2.75) is 52.9 Å². The van der Waals surface area contributed by atoms with Crippen LogP contribution in [-0.4, -0.2) is 30.5 Å². The maximum Gasteiger partial charge on any atom is 0.191 e. The van der Waals surface area contributed by atoms with Gasteiger partial charge in [-0.15, -0.1) is 0 Å². The molecular weight excluding hydrogens is 222 g/mol. The quantitative estimate of drug-likeness (QED) is 0.616. The van der Waals surface area contributed by atoms with Gasteiger partial charge in [0.1, 0.15) is 0 Å². The molecule has 0 radical (unpaired) electrons. The van der Waals surface area contributed by atoms with E-state index in [0.29, 0.717) is 5.41 Å². The minimum Gasteiger partial charge on any atom is -0.370 e. The van der Waals surface area contributed by atoms with E-state index in [-0.39, 0.29) is 0 Å². The summed E-state index contributed by atoms with van der Waals surface area (Å²) < 4.78 is 0. The number of piperidine rings is 1. The van der Waals surface area contributed by atoms with Crippen molar-refractivity contribution in [1.82, 2.24) is 4.90 Å². The Morgan fingerprint density at radius 1 is 1.33 bits per heavy atom. The van der Waals surface area contributed by atoms with Gasteiger partial charge in [-0.2, -0.15) is 0 Å². The van der Waals surface area contributed by atoms with Gasteiger partial charge in [-0.05, 0) is 49.4 Å². The minimum atomic E-state index is 0.502. The number of guanidine groups is 1.